The summed E-state index contributed by atoms with van der Waals surface area (Å²) in [6.45, 7) is 6.26. The van der Waals surface area contributed by atoms with Crippen molar-refractivity contribution < 1.29 is 4.79 Å². The second-order valence-electron chi connectivity index (χ2n) is 7.85. The van der Waals surface area contributed by atoms with Crippen LogP contribution in [-0.2, 0) is 4.79 Å². The van der Waals surface area contributed by atoms with Gasteiger partial charge in [-0.05, 0) is 48.0 Å². The van der Waals surface area contributed by atoms with E-state index in [2.05, 4.69) is 33.5 Å². The lowest BCUT2D eigenvalue weighted by Gasteiger charge is -2.31. The zero-order valence-electron chi connectivity index (χ0n) is 15.6. The Balaban J connectivity index is 1.47. The van der Waals surface area contributed by atoms with Gasteiger partial charge in [0.2, 0.25) is 5.91 Å². The van der Waals surface area contributed by atoms with Crippen LogP contribution >= 0.6 is 23.1 Å². The highest BCUT2D eigenvalue weighted by Crippen LogP contribution is 2.39. The summed E-state index contributed by atoms with van der Waals surface area (Å²) in [6, 6.07) is 8.07. The van der Waals surface area contributed by atoms with Crippen LogP contribution < -0.4 is 0 Å². The Morgan fingerprint density at radius 2 is 1.89 bits per heavy atom. The van der Waals surface area contributed by atoms with Crippen LogP contribution in [0, 0.1) is 5.92 Å². The molecule has 0 radical (unpaired) electrons. The van der Waals surface area contributed by atoms with E-state index in [0.717, 1.165) is 55.7 Å². The third-order valence-electron chi connectivity index (χ3n) is 5.95. The lowest BCUT2D eigenvalue weighted by molar-refractivity contribution is -0.133. The number of aromatic nitrogens is 2. The first-order valence-electron chi connectivity index (χ1n) is 9.62. The number of piperidine rings is 1. The van der Waals surface area contributed by atoms with E-state index in [-0.39, 0.29) is 11.8 Å². The number of hydrogen-bond donors (Lipinski definition) is 0. The van der Waals surface area contributed by atoms with Crippen molar-refractivity contribution in [2.75, 3.05) is 32.7 Å². The molecule has 1 amide bonds. The van der Waals surface area contributed by atoms with Crippen molar-refractivity contribution in [3.8, 4) is 0 Å². The molecule has 0 aliphatic carbocycles. The fourth-order valence-corrected chi connectivity index (χ4v) is 4.89. The van der Waals surface area contributed by atoms with Gasteiger partial charge >= 0.3 is 0 Å². The molecule has 0 N–H and O–H groups in total. The summed E-state index contributed by atoms with van der Waals surface area (Å²) in [5, 5.41) is 7.10. The van der Waals surface area contributed by atoms with E-state index in [1.54, 1.807) is 0 Å². The number of carbonyl (C=O) groups is 1. The molecule has 2 aromatic rings. The van der Waals surface area contributed by atoms with Gasteiger partial charge in [0.05, 0.1) is 12.2 Å². The van der Waals surface area contributed by atoms with Gasteiger partial charge in [-0.2, -0.15) is 0 Å². The van der Waals surface area contributed by atoms with E-state index in [1.807, 2.05) is 22.4 Å². The van der Waals surface area contributed by atoms with E-state index in [0.29, 0.717) is 12.5 Å². The molecule has 0 spiro atoms. The summed E-state index contributed by atoms with van der Waals surface area (Å²) in [6.07, 6.45) is 2.23. The zero-order valence-corrected chi connectivity index (χ0v) is 17.1. The highest BCUT2D eigenvalue weighted by atomic mass is 35.5. The van der Waals surface area contributed by atoms with E-state index >= 15 is 0 Å². The monoisotopic (exact) mass is 404 g/mol. The van der Waals surface area contributed by atoms with Crippen molar-refractivity contribution >= 4 is 29.0 Å². The first kappa shape index (κ1) is 18.8. The lowest BCUT2D eigenvalue weighted by atomic mass is 9.87. The molecule has 2 aliphatic heterocycles. The number of amides is 1. The molecule has 1 aromatic heterocycles. The lowest BCUT2D eigenvalue weighted by Crippen LogP contribution is -2.43. The van der Waals surface area contributed by atoms with Crippen molar-refractivity contribution in [2.24, 2.45) is 5.92 Å². The second-order valence-corrected chi connectivity index (χ2v) is 8.90. The minimum absolute atomic E-state index is 0.258. The molecular weight excluding hydrogens is 380 g/mol. The van der Waals surface area contributed by atoms with Crippen molar-refractivity contribution in [1.29, 1.82) is 0 Å². The first-order chi connectivity index (χ1) is 13.1. The van der Waals surface area contributed by atoms with Crippen LogP contribution in [0.1, 0.15) is 42.9 Å². The summed E-state index contributed by atoms with van der Waals surface area (Å²) >= 11 is 7.46. The Bertz CT molecular complexity index is 759. The molecule has 2 fully saturated rings. The van der Waals surface area contributed by atoms with E-state index in [9.17, 15) is 4.79 Å². The third kappa shape index (κ3) is 4.33. The van der Waals surface area contributed by atoms with Gasteiger partial charge in [0, 0.05) is 48.4 Å². The smallest absolute Gasteiger partial charge is 0.236 e. The molecule has 3 heterocycles. The number of rotatable bonds is 4. The Morgan fingerprint density at radius 1 is 1.19 bits per heavy atom. The zero-order chi connectivity index (χ0) is 18.8. The van der Waals surface area contributed by atoms with Gasteiger partial charge in [0.1, 0.15) is 0 Å². The third-order valence-corrected chi connectivity index (χ3v) is 6.72. The Morgan fingerprint density at radius 3 is 2.56 bits per heavy atom. The molecule has 5 nitrogen and oxygen atoms in total. The summed E-state index contributed by atoms with van der Waals surface area (Å²) in [5.74, 6) is 1.56. The maximum atomic E-state index is 12.8. The normalized spacial score (nSPS) is 24.4. The van der Waals surface area contributed by atoms with Gasteiger partial charge < -0.3 is 4.90 Å². The topological polar surface area (TPSA) is 49.3 Å². The fraction of sp³-hybridized carbons (Fsp3) is 0.550. The molecule has 4 rings (SSSR count). The van der Waals surface area contributed by atoms with Crippen LogP contribution in [0.5, 0.6) is 0 Å². The van der Waals surface area contributed by atoms with E-state index in [4.69, 9.17) is 11.6 Å². The van der Waals surface area contributed by atoms with Crippen LogP contribution in [0.2, 0.25) is 5.02 Å². The number of halogens is 1. The van der Waals surface area contributed by atoms with Crippen LogP contribution in [0.3, 0.4) is 0 Å². The van der Waals surface area contributed by atoms with Gasteiger partial charge in [-0.25, -0.2) is 0 Å². The molecule has 0 saturated carbocycles. The summed E-state index contributed by atoms with van der Waals surface area (Å²) < 4.78 is 4.05. The average molecular weight is 405 g/mol. The molecule has 2 atom stereocenters. The maximum absolute atomic E-state index is 12.8. The highest BCUT2D eigenvalue weighted by molar-refractivity contribution is 7.03. The van der Waals surface area contributed by atoms with E-state index < -0.39 is 0 Å². The molecular formula is C20H25ClN4OS. The summed E-state index contributed by atoms with van der Waals surface area (Å²) in [5.41, 5.74) is 2.28. The molecule has 0 unspecified atom stereocenters. The average Bonchev–Trinajstić information content (AvgIpc) is 3.32. The number of likely N-dealkylation sites (tertiary alicyclic amines) is 2. The van der Waals surface area contributed by atoms with Crippen LogP contribution in [0.4, 0.5) is 0 Å². The summed E-state index contributed by atoms with van der Waals surface area (Å²) in [4.78, 5) is 17.1. The molecule has 0 bridgehead atoms. The predicted octanol–water partition coefficient (Wildman–Crippen LogP) is 3.63. The number of carbonyl (C=O) groups excluding carboxylic acids is 1. The van der Waals surface area contributed by atoms with Gasteiger partial charge in [-0.15, -0.1) is 5.10 Å². The quantitative estimate of drug-likeness (QED) is 0.780. The van der Waals surface area contributed by atoms with Crippen molar-refractivity contribution in [3.63, 3.8) is 0 Å². The molecule has 27 heavy (non-hydrogen) atoms. The Kier molecular flexibility index (Phi) is 5.76. The molecule has 1 aromatic carbocycles. The minimum Gasteiger partial charge on any atom is -0.342 e. The standard InChI is InChI=1S/C20H25ClN4OS/c1-14-6-8-25(9-7-14)20(26)12-24-10-17(15-2-4-16(21)5-3-15)18(11-24)19-13-27-23-22-19/h2-5,13-14,17-18H,6-12H2,1H3/t17-,18+/m1/s1. The van der Waals surface area contributed by atoms with Gasteiger partial charge in [-0.1, -0.05) is 35.1 Å². The SMILES string of the molecule is CC1CCN(C(=O)CN2C[C@H](c3ccc(Cl)cc3)[C@@H](c3csnn3)C2)CC1. The second kappa shape index (κ2) is 8.25. The molecule has 7 heteroatoms. The predicted molar refractivity (Wildman–Crippen MR) is 108 cm³/mol. The Hall–Kier alpha value is -1.50. The largest absolute Gasteiger partial charge is 0.342 e. The molecule has 144 valence electrons. The van der Waals surface area contributed by atoms with Gasteiger partial charge in [0.15, 0.2) is 0 Å². The molecule has 2 aliphatic rings. The van der Waals surface area contributed by atoms with Gasteiger partial charge in [-0.3, -0.25) is 9.69 Å². The Labute approximate surface area is 169 Å². The van der Waals surface area contributed by atoms with Crippen molar-refractivity contribution in [2.45, 2.75) is 31.6 Å². The van der Waals surface area contributed by atoms with Crippen LogP contribution in [-0.4, -0.2) is 58.0 Å². The number of hydrogen-bond acceptors (Lipinski definition) is 5. The maximum Gasteiger partial charge on any atom is 0.236 e. The minimum atomic E-state index is 0.258. The fourth-order valence-electron chi connectivity index (χ4n) is 4.24. The van der Waals surface area contributed by atoms with Gasteiger partial charge in [0.25, 0.3) is 0 Å². The molecule has 2 saturated heterocycles. The number of nitrogens with zero attached hydrogens (tertiary/aromatic N) is 4. The first-order valence-corrected chi connectivity index (χ1v) is 10.8. The van der Waals surface area contributed by atoms with E-state index in [1.165, 1.54) is 17.1 Å². The summed E-state index contributed by atoms with van der Waals surface area (Å²) in [7, 11) is 0. The van der Waals surface area contributed by atoms with Crippen LogP contribution in [0.15, 0.2) is 29.6 Å². The highest BCUT2D eigenvalue weighted by Gasteiger charge is 2.37. The van der Waals surface area contributed by atoms with Crippen LogP contribution in [0.25, 0.3) is 0 Å². The number of benzene rings is 1. The van der Waals surface area contributed by atoms with Crippen molar-refractivity contribution in [1.82, 2.24) is 19.4 Å². The van der Waals surface area contributed by atoms with Crippen molar-refractivity contribution in [3.05, 3.63) is 45.9 Å².